The van der Waals surface area contributed by atoms with Crippen LogP contribution in [0.2, 0.25) is 0 Å². The van der Waals surface area contributed by atoms with Gasteiger partial charge >= 0.3 is 0 Å². The third-order valence-corrected chi connectivity index (χ3v) is 9.63. The van der Waals surface area contributed by atoms with Crippen LogP contribution < -0.4 is 0 Å². The van der Waals surface area contributed by atoms with Crippen LogP contribution in [0.3, 0.4) is 0 Å². The molecule has 6 heteroatoms. The van der Waals surface area contributed by atoms with Gasteiger partial charge in [-0.2, -0.15) is 0 Å². The first-order valence-electron chi connectivity index (χ1n) is 15.7. The van der Waals surface area contributed by atoms with Gasteiger partial charge in [0.15, 0.2) is 11.6 Å². The first-order valence-corrected chi connectivity index (χ1v) is 15.7. The van der Waals surface area contributed by atoms with E-state index in [1.807, 2.05) is 0 Å². The van der Waals surface area contributed by atoms with E-state index in [1.165, 1.54) is 89.9 Å². The van der Waals surface area contributed by atoms with Crippen molar-refractivity contribution in [3.8, 4) is 0 Å². The van der Waals surface area contributed by atoms with Gasteiger partial charge in [-0.25, -0.2) is 0 Å². The van der Waals surface area contributed by atoms with Gasteiger partial charge in [-0.15, -0.1) is 0 Å². The Morgan fingerprint density at radius 1 is 0.333 bits per heavy atom. The standard InChI is InChI=1S/C30H52O6/c31-23-25-26(34-29(33-25)19-15-11-7-3-1-4-8-12-16-20-29)24(32)28-27(23)35-30(36-28)21-17-13-9-5-2-6-10-14-18-22-30/h23-28,31-32H,1-22H2/t23?,24?,25-,26-,27-,28+/m0/s1. The maximum absolute atomic E-state index is 11.5. The summed E-state index contributed by atoms with van der Waals surface area (Å²) in [7, 11) is 0. The van der Waals surface area contributed by atoms with Crippen LogP contribution in [0.1, 0.15) is 141 Å². The monoisotopic (exact) mass is 508 g/mol. The van der Waals surface area contributed by atoms with Gasteiger partial charge in [0, 0.05) is 25.7 Å². The SMILES string of the molecule is OC1[C@H]2OC3(CCCCCCCCCCC3)O[C@H]2C(O)[C@@H]2OC3(CCCCCCCCCCC3)O[C@@H]12. The fourth-order valence-corrected chi connectivity index (χ4v) is 7.52. The van der Waals surface area contributed by atoms with Crippen molar-refractivity contribution in [2.45, 2.75) is 189 Å². The quantitative estimate of drug-likeness (QED) is 0.400. The lowest BCUT2D eigenvalue weighted by molar-refractivity contribution is -0.217. The average Bonchev–Trinajstić information content (AvgIpc) is 3.43. The maximum atomic E-state index is 11.5. The highest BCUT2D eigenvalue weighted by Crippen LogP contribution is 2.49. The molecule has 2 spiro atoms. The number of aliphatic hydroxyl groups excluding tert-OH is 2. The summed E-state index contributed by atoms with van der Waals surface area (Å²) in [6.07, 6.45) is 21.5. The Labute approximate surface area is 218 Å². The molecule has 0 amide bonds. The molecule has 5 aliphatic rings. The second-order valence-electron chi connectivity index (χ2n) is 12.5. The number of hydrogen-bond acceptors (Lipinski definition) is 6. The van der Waals surface area contributed by atoms with Gasteiger partial charge in [-0.1, -0.05) is 89.9 Å². The van der Waals surface area contributed by atoms with Crippen molar-refractivity contribution in [1.82, 2.24) is 0 Å². The molecular formula is C30H52O6. The lowest BCUT2D eigenvalue weighted by Crippen LogP contribution is -2.61. The highest BCUT2D eigenvalue weighted by molar-refractivity contribution is 5.09. The average molecular weight is 509 g/mol. The van der Waals surface area contributed by atoms with E-state index in [0.717, 1.165) is 51.4 Å². The van der Waals surface area contributed by atoms with E-state index in [-0.39, 0.29) is 0 Å². The number of hydrogen-bond donors (Lipinski definition) is 2. The van der Waals surface area contributed by atoms with Gasteiger partial charge in [0.05, 0.1) is 0 Å². The molecule has 208 valence electrons. The van der Waals surface area contributed by atoms with Gasteiger partial charge in [-0.3, -0.25) is 0 Å². The summed E-state index contributed by atoms with van der Waals surface area (Å²) in [5.74, 6) is -1.39. The van der Waals surface area contributed by atoms with Crippen LogP contribution in [0.15, 0.2) is 0 Å². The summed E-state index contributed by atoms with van der Waals surface area (Å²) in [5, 5.41) is 23.0. The maximum Gasteiger partial charge on any atom is 0.169 e. The van der Waals surface area contributed by atoms with Crippen molar-refractivity contribution in [3.63, 3.8) is 0 Å². The van der Waals surface area contributed by atoms with Crippen molar-refractivity contribution < 1.29 is 29.2 Å². The van der Waals surface area contributed by atoms with Gasteiger partial charge in [0.1, 0.15) is 36.6 Å². The highest BCUT2D eigenvalue weighted by Gasteiger charge is 2.65. The minimum absolute atomic E-state index is 0.556. The number of aliphatic hydroxyl groups is 2. The Bertz CT molecular complexity index is 562. The fraction of sp³-hybridized carbons (Fsp3) is 1.00. The normalized spacial score (nSPS) is 40.8. The third kappa shape index (κ3) is 6.31. The summed E-state index contributed by atoms with van der Waals surface area (Å²) in [6.45, 7) is 0. The molecule has 5 rings (SSSR count). The predicted molar refractivity (Wildman–Crippen MR) is 139 cm³/mol. The van der Waals surface area contributed by atoms with Crippen LogP contribution in [0.4, 0.5) is 0 Å². The van der Waals surface area contributed by atoms with Gasteiger partial charge in [-0.05, 0) is 25.7 Å². The van der Waals surface area contributed by atoms with E-state index in [9.17, 15) is 10.2 Å². The largest absolute Gasteiger partial charge is 0.387 e. The van der Waals surface area contributed by atoms with Crippen LogP contribution >= 0.6 is 0 Å². The van der Waals surface area contributed by atoms with Crippen molar-refractivity contribution in [2.75, 3.05) is 0 Å². The minimum atomic E-state index is -0.843. The molecule has 2 aliphatic heterocycles. The topological polar surface area (TPSA) is 77.4 Å². The molecule has 2 unspecified atom stereocenters. The fourth-order valence-electron chi connectivity index (χ4n) is 7.52. The van der Waals surface area contributed by atoms with Gasteiger partial charge in [0.2, 0.25) is 0 Å². The van der Waals surface area contributed by atoms with Gasteiger partial charge < -0.3 is 29.2 Å². The van der Waals surface area contributed by atoms with Gasteiger partial charge in [0.25, 0.3) is 0 Å². The Hall–Kier alpha value is -0.240. The van der Waals surface area contributed by atoms with Crippen LogP contribution in [0.5, 0.6) is 0 Å². The van der Waals surface area contributed by atoms with E-state index in [1.54, 1.807) is 0 Å². The summed E-state index contributed by atoms with van der Waals surface area (Å²) < 4.78 is 26.4. The molecule has 2 saturated heterocycles. The Balaban J connectivity index is 1.26. The van der Waals surface area contributed by atoms with Crippen molar-refractivity contribution in [1.29, 1.82) is 0 Å². The summed E-state index contributed by atoms with van der Waals surface area (Å²) >= 11 is 0. The molecule has 6 nitrogen and oxygen atoms in total. The Kier molecular flexibility index (Phi) is 9.67. The molecular weight excluding hydrogens is 456 g/mol. The zero-order valence-corrected chi connectivity index (χ0v) is 22.5. The van der Waals surface area contributed by atoms with Crippen LogP contribution in [0, 0.1) is 0 Å². The summed E-state index contributed by atoms with van der Waals surface area (Å²) in [6, 6.07) is 0. The number of ether oxygens (including phenoxy) is 4. The Morgan fingerprint density at radius 2 is 0.528 bits per heavy atom. The molecule has 2 heterocycles. The molecule has 0 aromatic carbocycles. The third-order valence-electron chi connectivity index (χ3n) is 9.63. The lowest BCUT2D eigenvalue weighted by Gasteiger charge is -2.38. The Morgan fingerprint density at radius 3 is 0.750 bits per heavy atom. The number of fused-ring (bicyclic) bond motifs is 2. The minimum Gasteiger partial charge on any atom is -0.387 e. The molecule has 6 atom stereocenters. The van der Waals surface area contributed by atoms with E-state index in [4.69, 9.17) is 18.9 Å². The zero-order valence-electron chi connectivity index (χ0n) is 22.5. The molecule has 3 aliphatic carbocycles. The van der Waals surface area contributed by atoms with Crippen LogP contribution in [0.25, 0.3) is 0 Å². The van der Waals surface area contributed by atoms with Crippen molar-refractivity contribution in [2.24, 2.45) is 0 Å². The van der Waals surface area contributed by atoms with Crippen molar-refractivity contribution >= 4 is 0 Å². The second-order valence-corrected chi connectivity index (χ2v) is 12.5. The molecule has 0 aromatic rings. The molecule has 2 N–H and O–H groups in total. The van der Waals surface area contributed by atoms with E-state index in [0.29, 0.717) is 0 Å². The second kappa shape index (κ2) is 12.7. The van der Waals surface area contributed by atoms with E-state index >= 15 is 0 Å². The summed E-state index contributed by atoms with van der Waals surface area (Å²) in [5.41, 5.74) is 0. The smallest absolute Gasteiger partial charge is 0.169 e. The first kappa shape index (κ1) is 27.3. The van der Waals surface area contributed by atoms with Crippen molar-refractivity contribution in [3.05, 3.63) is 0 Å². The zero-order chi connectivity index (χ0) is 24.8. The molecule has 5 fully saturated rings. The number of rotatable bonds is 0. The highest BCUT2D eigenvalue weighted by atomic mass is 16.8. The predicted octanol–water partition coefficient (Wildman–Crippen LogP) is 6.29. The molecule has 0 aromatic heterocycles. The van der Waals surface area contributed by atoms with E-state index < -0.39 is 48.2 Å². The molecule has 0 bridgehead atoms. The lowest BCUT2D eigenvalue weighted by atomic mass is 9.85. The molecule has 3 saturated carbocycles. The summed E-state index contributed by atoms with van der Waals surface area (Å²) in [4.78, 5) is 0. The molecule has 36 heavy (non-hydrogen) atoms. The first-order chi connectivity index (χ1) is 17.6. The van der Waals surface area contributed by atoms with Crippen LogP contribution in [-0.2, 0) is 18.9 Å². The van der Waals surface area contributed by atoms with Crippen LogP contribution in [-0.4, -0.2) is 58.4 Å². The van der Waals surface area contributed by atoms with E-state index in [2.05, 4.69) is 0 Å². The molecule has 0 radical (unpaired) electrons.